The average Bonchev–Trinajstić information content (AvgIpc) is 3.08. The molecule has 2 aromatic heterocycles. The number of aliphatic carboxylic acids is 1. The van der Waals surface area contributed by atoms with E-state index in [4.69, 9.17) is 5.73 Å². The number of carboxylic acid groups (broad SMARTS) is 1. The Morgan fingerprint density at radius 1 is 1.23 bits per heavy atom. The number of anilines is 2. The summed E-state index contributed by atoms with van der Waals surface area (Å²) >= 11 is 0. The summed E-state index contributed by atoms with van der Waals surface area (Å²) in [6.07, 6.45) is 1.62. The Balaban J connectivity index is 1.63. The zero-order valence-electron chi connectivity index (χ0n) is 13.6. The van der Waals surface area contributed by atoms with Crippen LogP contribution in [0.4, 0.5) is 11.8 Å². The highest BCUT2D eigenvalue weighted by atomic mass is 16.4. The Hall–Kier alpha value is -3.69. The predicted octanol–water partition coefficient (Wildman–Crippen LogP) is 0.159. The van der Waals surface area contributed by atoms with Gasteiger partial charge in [-0.2, -0.15) is 9.97 Å². The van der Waals surface area contributed by atoms with Crippen molar-refractivity contribution in [3.8, 4) is 0 Å². The van der Waals surface area contributed by atoms with Crippen molar-refractivity contribution in [2.75, 3.05) is 17.6 Å². The fraction of sp³-hybridized carbons (Fsp3) is 0.188. The van der Waals surface area contributed by atoms with Gasteiger partial charge in [0.05, 0.1) is 12.9 Å². The molecule has 0 aliphatic heterocycles. The molecule has 10 nitrogen and oxygen atoms in total. The minimum atomic E-state index is -1.11. The molecule has 0 radical (unpaired) electrons. The molecule has 0 aliphatic rings. The number of carbonyl (C=O) groups is 2. The second-order valence-electron chi connectivity index (χ2n) is 5.53. The Morgan fingerprint density at radius 3 is 2.73 bits per heavy atom. The van der Waals surface area contributed by atoms with Gasteiger partial charge in [0, 0.05) is 6.42 Å². The molecule has 26 heavy (non-hydrogen) atoms. The van der Waals surface area contributed by atoms with Gasteiger partial charge in [-0.25, -0.2) is 9.78 Å². The number of carboxylic acids is 1. The van der Waals surface area contributed by atoms with Crippen molar-refractivity contribution in [3.05, 3.63) is 42.2 Å². The fourth-order valence-corrected chi connectivity index (χ4v) is 2.44. The fourth-order valence-electron chi connectivity index (χ4n) is 2.44. The first-order valence-electron chi connectivity index (χ1n) is 7.79. The molecule has 0 saturated heterocycles. The first-order valence-corrected chi connectivity index (χ1v) is 7.79. The summed E-state index contributed by atoms with van der Waals surface area (Å²) in [4.78, 5) is 38.4. The number of nitrogens with one attached hydrogen (secondary N) is 3. The van der Waals surface area contributed by atoms with Gasteiger partial charge < -0.3 is 26.5 Å². The van der Waals surface area contributed by atoms with Crippen LogP contribution >= 0.6 is 0 Å². The molecule has 0 unspecified atom stereocenters. The molecular weight excluding hydrogens is 338 g/mol. The molecule has 10 heteroatoms. The highest BCUT2D eigenvalue weighted by molar-refractivity contribution is 5.89. The van der Waals surface area contributed by atoms with Crippen molar-refractivity contribution in [2.45, 2.75) is 12.5 Å². The third-order valence-electron chi connectivity index (χ3n) is 3.64. The number of aromatic amines is 1. The van der Waals surface area contributed by atoms with Crippen LogP contribution in [0.25, 0.3) is 11.2 Å². The maximum absolute atomic E-state index is 12.1. The zero-order valence-corrected chi connectivity index (χ0v) is 13.6. The molecule has 0 aliphatic carbocycles. The van der Waals surface area contributed by atoms with Gasteiger partial charge in [-0.05, 0) is 5.56 Å². The topological polar surface area (TPSA) is 159 Å². The third-order valence-corrected chi connectivity index (χ3v) is 3.64. The number of aromatic nitrogens is 4. The molecule has 134 valence electrons. The minimum Gasteiger partial charge on any atom is -0.480 e. The van der Waals surface area contributed by atoms with E-state index in [-0.39, 0.29) is 18.9 Å². The highest BCUT2D eigenvalue weighted by Crippen LogP contribution is 2.16. The predicted molar refractivity (Wildman–Crippen MR) is 94.3 cm³/mol. The Labute approximate surface area is 147 Å². The SMILES string of the molecule is Nc1nc(NCC(=O)N[C@@H](Cc2ccccc2)C(=O)O)c2[nH]cnc2n1. The number of nitrogens with two attached hydrogens (primary N) is 1. The van der Waals surface area contributed by atoms with Crippen molar-refractivity contribution >= 4 is 34.8 Å². The first kappa shape index (κ1) is 17.1. The van der Waals surface area contributed by atoms with Crippen molar-refractivity contribution < 1.29 is 14.7 Å². The lowest BCUT2D eigenvalue weighted by Gasteiger charge is -2.15. The second kappa shape index (κ2) is 7.47. The first-order chi connectivity index (χ1) is 12.5. The summed E-state index contributed by atoms with van der Waals surface area (Å²) in [5, 5.41) is 14.6. The van der Waals surface area contributed by atoms with Gasteiger partial charge in [-0.15, -0.1) is 0 Å². The Kier molecular flexibility index (Phi) is 4.92. The smallest absolute Gasteiger partial charge is 0.326 e. The molecular formula is C16H17N7O3. The third kappa shape index (κ3) is 4.04. The zero-order chi connectivity index (χ0) is 18.5. The Morgan fingerprint density at radius 2 is 2.00 bits per heavy atom. The van der Waals surface area contributed by atoms with E-state index in [0.717, 1.165) is 5.56 Å². The van der Waals surface area contributed by atoms with Gasteiger partial charge in [0.15, 0.2) is 11.5 Å². The van der Waals surface area contributed by atoms with Gasteiger partial charge in [0.1, 0.15) is 11.6 Å². The minimum absolute atomic E-state index is 0.0139. The van der Waals surface area contributed by atoms with E-state index >= 15 is 0 Å². The number of rotatable bonds is 7. The van der Waals surface area contributed by atoms with E-state index in [1.54, 1.807) is 12.1 Å². The number of fused-ring (bicyclic) bond motifs is 1. The van der Waals surface area contributed by atoms with Gasteiger partial charge >= 0.3 is 5.97 Å². The number of amides is 1. The van der Waals surface area contributed by atoms with Gasteiger partial charge in [0.2, 0.25) is 11.9 Å². The van der Waals surface area contributed by atoms with E-state index in [9.17, 15) is 14.7 Å². The van der Waals surface area contributed by atoms with E-state index < -0.39 is 17.9 Å². The summed E-state index contributed by atoms with van der Waals surface area (Å²) in [6, 6.07) is 8.04. The van der Waals surface area contributed by atoms with Gasteiger partial charge in [-0.1, -0.05) is 30.3 Å². The van der Waals surface area contributed by atoms with Crippen LogP contribution in [-0.2, 0) is 16.0 Å². The lowest BCUT2D eigenvalue weighted by Crippen LogP contribution is -2.44. The van der Waals surface area contributed by atoms with Crippen LogP contribution in [0.2, 0.25) is 0 Å². The largest absolute Gasteiger partial charge is 0.480 e. The molecule has 2 heterocycles. The quantitative estimate of drug-likeness (QED) is 0.401. The van der Waals surface area contributed by atoms with Crippen LogP contribution in [0.1, 0.15) is 5.56 Å². The number of H-pyrrole nitrogens is 1. The number of hydrogen-bond donors (Lipinski definition) is 5. The molecule has 3 aromatic rings. The molecule has 1 atom stereocenters. The highest BCUT2D eigenvalue weighted by Gasteiger charge is 2.20. The summed E-state index contributed by atoms with van der Waals surface area (Å²) < 4.78 is 0. The maximum Gasteiger partial charge on any atom is 0.326 e. The Bertz CT molecular complexity index is 926. The molecule has 1 amide bonds. The van der Waals surface area contributed by atoms with Crippen LogP contribution in [0.5, 0.6) is 0 Å². The van der Waals surface area contributed by atoms with Gasteiger partial charge in [-0.3, -0.25) is 4.79 Å². The van der Waals surface area contributed by atoms with Crippen LogP contribution in [0.15, 0.2) is 36.7 Å². The van der Waals surface area contributed by atoms with Crippen LogP contribution in [0.3, 0.4) is 0 Å². The normalized spacial score (nSPS) is 11.8. The van der Waals surface area contributed by atoms with E-state index in [2.05, 4.69) is 30.6 Å². The summed E-state index contributed by atoms with van der Waals surface area (Å²) in [6.45, 7) is -0.177. The number of nitrogens with zero attached hydrogens (tertiary/aromatic N) is 3. The van der Waals surface area contributed by atoms with E-state index in [1.807, 2.05) is 18.2 Å². The van der Waals surface area contributed by atoms with Crippen LogP contribution in [0, 0.1) is 0 Å². The summed E-state index contributed by atoms with van der Waals surface area (Å²) in [7, 11) is 0. The molecule has 0 bridgehead atoms. The number of hydrogen-bond acceptors (Lipinski definition) is 7. The summed E-state index contributed by atoms with van der Waals surface area (Å²) in [5.74, 6) is -1.27. The number of nitrogen functional groups attached to an aromatic ring is 1. The monoisotopic (exact) mass is 355 g/mol. The molecule has 3 rings (SSSR count). The van der Waals surface area contributed by atoms with Crippen molar-refractivity contribution in [1.82, 2.24) is 25.3 Å². The number of imidazole rings is 1. The second-order valence-corrected chi connectivity index (χ2v) is 5.53. The molecule has 6 N–H and O–H groups in total. The molecule has 1 aromatic carbocycles. The van der Waals surface area contributed by atoms with Crippen molar-refractivity contribution in [3.63, 3.8) is 0 Å². The lowest BCUT2D eigenvalue weighted by molar-refractivity contribution is -0.141. The summed E-state index contributed by atoms with van der Waals surface area (Å²) in [5.41, 5.74) is 7.29. The molecule has 0 spiro atoms. The van der Waals surface area contributed by atoms with Crippen molar-refractivity contribution in [1.29, 1.82) is 0 Å². The maximum atomic E-state index is 12.1. The number of carbonyl (C=O) groups excluding carboxylic acids is 1. The molecule has 0 fully saturated rings. The van der Waals surface area contributed by atoms with Crippen LogP contribution < -0.4 is 16.4 Å². The average molecular weight is 355 g/mol. The number of benzene rings is 1. The van der Waals surface area contributed by atoms with E-state index in [1.165, 1.54) is 6.33 Å². The standard InChI is InChI=1S/C16H17N7O3/c17-16-22-13(12-14(23-16)20-8-19-12)18-7-11(24)21-10(15(25)26)6-9-4-2-1-3-5-9/h1-5,8,10H,6-7H2,(H,21,24)(H,25,26)(H4,17,18,19,20,22,23)/t10-/m0/s1. The lowest BCUT2D eigenvalue weighted by atomic mass is 10.1. The van der Waals surface area contributed by atoms with Crippen LogP contribution in [-0.4, -0.2) is 49.5 Å². The van der Waals surface area contributed by atoms with Crippen molar-refractivity contribution in [2.24, 2.45) is 0 Å². The van der Waals surface area contributed by atoms with Gasteiger partial charge in [0.25, 0.3) is 0 Å². The van der Waals surface area contributed by atoms with E-state index in [0.29, 0.717) is 17.0 Å². The molecule has 0 saturated carbocycles.